The fourth-order valence-corrected chi connectivity index (χ4v) is 4.04. The number of nitrogens with zero attached hydrogens (tertiary/aromatic N) is 2. The molecule has 0 bridgehead atoms. The molecule has 0 aliphatic rings. The van der Waals surface area contributed by atoms with Gasteiger partial charge in [0.25, 0.3) is 5.91 Å². The van der Waals surface area contributed by atoms with Gasteiger partial charge in [-0.05, 0) is 67.7 Å². The average Bonchev–Trinajstić information content (AvgIpc) is 2.87. The summed E-state index contributed by atoms with van der Waals surface area (Å²) in [6.45, 7) is 10.7. The van der Waals surface area contributed by atoms with Gasteiger partial charge in [-0.3, -0.25) is 4.79 Å². The lowest BCUT2D eigenvalue weighted by Gasteiger charge is -2.28. The van der Waals surface area contributed by atoms with Crippen LogP contribution >= 0.6 is 0 Å². The van der Waals surface area contributed by atoms with Crippen molar-refractivity contribution < 1.29 is 22.7 Å². The van der Waals surface area contributed by atoms with Gasteiger partial charge in [-0.25, -0.2) is 0 Å². The van der Waals surface area contributed by atoms with Crippen molar-refractivity contribution in [3.8, 4) is 5.75 Å². The Labute approximate surface area is 220 Å². The lowest BCUT2D eigenvalue weighted by molar-refractivity contribution is -0.127. The number of hydrogen-bond acceptors (Lipinski definition) is 3. The number of amides is 1. The van der Waals surface area contributed by atoms with E-state index in [-0.39, 0.29) is 11.5 Å². The maximum atomic E-state index is 13.5. The van der Waals surface area contributed by atoms with Gasteiger partial charge in [0.15, 0.2) is 0 Å². The van der Waals surface area contributed by atoms with Crippen LogP contribution in [-0.2, 0) is 13.0 Å². The monoisotopic (exact) mass is 520 g/mol. The molecule has 7 heteroatoms. The van der Waals surface area contributed by atoms with Crippen molar-refractivity contribution in [2.75, 3.05) is 32.8 Å². The van der Waals surface area contributed by atoms with E-state index < -0.39 is 12.6 Å². The molecule has 0 fully saturated rings. The van der Waals surface area contributed by atoms with E-state index in [2.05, 4.69) is 25.7 Å². The average molecular weight is 521 g/mol. The molecule has 0 spiro atoms. The van der Waals surface area contributed by atoms with E-state index >= 15 is 0 Å². The summed E-state index contributed by atoms with van der Waals surface area (Å²) >= 11 is 0. The van der Waals surface area contributed by atoms with Gasteiger partial charge in [0, 0.05) is 25.2 Å². The normalized spacial score (nSPS) is 11.6. The third-order valence-corrected chi connectivity index (χ3v) is 6.30. The minimum absolute atomic E-state index is 0.0922. The van der Waals surface area contributed by atoms with Crippen LogP contribution in [-0.4, -0.2) is 54.7 Å². The molecule has 0 atom stereocenters. The minimum Gasteiger partial charge on any atom is -0.494 e. The van der Waals surface area contributed by atoms with Crippen LogP contribution in [0.3, 0.4) is 0 Å². The molecule has 1 amide bonds. The molecular weight excluding hydrogens is 477 g/mol. The summed E-state index contributed by atoms with van der Waals surface area (Å²) in [6, 6.07) is 13.6. The molecule has 2 rings (SSSR count). The SMILES string of the molecule is CCCCOc1ccc(C(=O)N(CCN(CCCC)CCCC)Cc2ccc(CC(F)(F)F)cc2)cc1. The van der Waals surface area contributed by atoms with Gasteiger partial charge in [0.1, 0.15) is 5.75 Å². The molecule has 2 aromatic carbocycles. The standard InChI is InChI=1S/C30H43F3N2O2/c1-4-7-18-34(19-8-5-2)20-21-35(24-26-12-10-25(11-13-26)23-30(31,32)33)29(36)27-14-16-28(17-15-27)37-22-9-6-3/h10-17H,4-9,18-24H2,1-3H3. The summed E-state index contributed by atoms with van der Waals surface area (Å²) in [5, 5.41) is 0. The minimum atomic E-state index is -4.24. The van der Waals surface area contributed by atoms with Gasteiger partial charge in [-0.15, -0.1) is 0 Å². The lowest BCUT2D eigenvalue weighted by atomic mass is 10.1. The largest absolute Gasteiger partial charge is 0.494 e. The Morgan fingerprint density at radius 1 is 0.757 bits per heavy atom. The molecule has 2 aromatic rings. The van der Waals surface area contributed by atoms with Crippen molar-refractivity contribution in [2.24, 2.45) is 0 Å². The molecule has 37 heavy (non-hydrogen) atoms. The van der Waals surface area contributed by atoms with Gasteiger partial charge in [0.05, 0.1) is 13.0 Å². The van der Waals surface area contributed by atoms with Crippen LogP contribution in [0.2, 0.25) is 0 Å². The molecule has 0 heterocycles. The predicted octanol–water partition coefficient (Wildman–Crippen LogP) is 7.51. The first-order valence-corrected chi connectivity index (χ1v) is 13.6. The highest BCUT2D eigenvalue weighted by Crippen LogP contribution is 2.22. The number of benzene rings is 2. The van der Waals surface area contributed by atoms with Gasteiger partial charge in [0.2, 0.25) is 0 Å². The van der Waals surface area contributed by atoms with E-state index in [1.165, 1.54) is 12.1 Å². The molecule has 4 nitrogen and oxygen atoms in total. The number of alkyl halides is 3. The second-order valence-electron chi connectivity index (χ2n) is 9.61. The number of rotatable bonds is 17. The van der Waals surface area contributed by atoms with E-state index in [1.54, 1.807) is 29.2 Å². The number of hydrogen-bond donors (Lipinski definition) is 0. The summed E-state index contributed by atoms with van der Waals surface area (Å²) in [6.07, 6.45) is 1.28. The zero-order chi connectivity index (χ0) is 27.1. The van der Waals surface area contributed by atoms with Crippen LogP contribution in [0, 0.1) is 0 Å². The van der Waals surface area contributed by atoms with Crippen LogP contribution in [0.25, 0.3) is 0 Å². The van der Waals surface area contributed by atoms with Gasteiger partial charge < -0.3 is 14.5 Å². The summed E-state index contributed by atoms with van der Waals surface area (Å²) in [5.41, 5.74) is 1.61. The Hall–Kier alpha value is -2.54. The first kappa shape index (κ1) is 30.7. The highest BCUT2D eigenvalue weighted by Gasteiger charge is 2.27. The molecule has 0 aromatic heterocycles. The van der Waals surface area contributed by atoms with Gasteiger partial charge >= 0.3 is 6.18 Å². The maximum Gasteiger partial charge on any atom is 0.393 e. The zero-order valence-corrected chi connectivity index (χ0v) is 22.7. The fourth-order valence-electron chi connectivity index (χ4n) is 4.04. The summed E-state index contributed by atoms with van der Waals surface area (Å²) in [7, 11) is 0. The molecule has 0 aliphatic heterocycles. The second-order valence-corrected chi connectivity index (χ2v) is 9.61. The predicted molar refractivity (Wildman–Crippen MR) is 144 cm³/mol. The molecule has 0 N–H and O–H groups in total. The molecule has 0 unspecified atom stereocenters. The summed E-state index contributed by atoms with van der Waals surface area (Å²) < 4.78 is 44.0. The van der Waals surface area contributed by atoms with Crippen LogP contribution in [0.4, 0.5) is 13.2 Å². The van der Waals surface area contributed by atoms with Crippen molar-refractivity contribution in [2.45, 2.75) is 78.4 Å². The van der Waals surface area contributed by atoms with Crippen LogP contribution in [0.1, 0.15) is 80.8 Å². The Kier molecular flexibility index (Phi) is 13.5. The molecule has 206 valence electrons. The third-order valence-electron chi connectivity index (χ3n) is 6.30. The van der Waals surface area contributed by atoms with Crippen molar-refractivity contribution in [1.82, 2.24) is 9.80 Å². The third kappa shape index (κ3) is 12.0. The molecule has 0 radical (unpaired) electrons. The van der Waals surface area contributed by atoms with E-state index in [0.717, 1.165) is 69.5 Å². The Morgan fingerprint density at radius 2 is 1.32 bits per heavy atom. The second kappa shape index (κ2) is 16.3. The zero-order valence-electron chi connectivity index (χ0n) is 22.7. The highest BCUT2D eigenvalue weighted by molar-refractivity contribution is 5.94. The first-order chi connectivity index (χ1) is 17.8. The van der Waals surface area contributed by atoms with Gasteiger partial charge in [-0.2, -0.15) is 13.2 Å². The quantitative estimate of drug-likeness (QED) is 0.202. The molecule has 0 saturated carbocycles. The maximum absolute atomic E-state index is 13.5. The summed E-state index contributed by atoms with van der Waals surface area (Å²) in [4.78, 5) is 17.7. The topological polar surface area (TPSA) is 32.8 Å². The number of ether oxygens (including phenoxy) is 1. The smallest absolute Gasteiger partial charge is 0.393 e. The summed E-state index contributed by atoms with van der Waals surface area (Å²) in [5.74, 6) is 0.646. The van der Waals surface area contributed by atoms with E-state index in [9.17, 15) is 18.0 Å². The Bertz CT molecular complexity index is 891. The lowest BCUT2D eigenvalue weighted by Crippen LogP contribution is -2.39. The first-order valence-electron chi connectivity index (χ1n) is 13.6. The Balaban J connectivity index is 2.16. The Morgan fingerprint density at radius 3 is 1.86 bits per heavy atom. The van der Waals surface area contributed by atoms with Crippen molar-refractivity contribution in [3.05, 3.63) is 65.2 Å². The number of carbonyl (C=O) groups is 1. The molecular formula is C30H43F3N2O2. The van der Waals surface area contributed by atoms with E-state index in [0.29, 0.717) is 25.3 Å². The van der Waals surface area contributed by atoms with Crippen LogP contribution in [0.15, 0.2) is 48.5 Å². The van der Waals surface area contributed by atoms with E-state index in [4.69, 9.17) is 4.74 Å². The van der Waals surface area contributed by atoms with Crippen LogP contribution in [0.5, 0.6) is 5.75 Å². The molecule has 0 saturated heterocycles. The van der Waals surface area contributed by atoms with Crippen molar-refractivity contribution in [3.63, 3.8) is 0 Å². The number of unbranched alkanes of at least 4 members (excludes halogenated alkanes) is 3. The number of halogens is 3. The van der Waals surface area contributed by atoms with Crippen molar-refractivity contribution in [1.29, 1.82) is 0 Å². The van der Waals surface area contributed by atoms with Crippen molar-refractivity contribution >= 4 is 5.91 Å². The highest BCUT2D eigenvalue weighted by atomic mass is 19.4. The van der Waals surface area contributed by atoms with E-state index in [1.807, 2.05) is 12.1 Å². The fraction of sp³-hybridized carbons (Fsp3) is 0.567. The number of carbonyl (C=O) groups excluding carboxylic acids is 1. The van der Waals surface area contributed by atoms with Crippen LogP contribution < -0.4 is 4.74 Å². The van der Waals surface area contributed by atoms with Gasteiger partial charge in [-0.1, -0.05) is 64.3 Å². The molecule has 0 aliphatic carbocycles.